The van der Waals surface area contributed by atoms with Gasteiger partial charge in [0.1, 0.15) is 5.82 Å². The van der Waals surface area contributed by atoms with Gasteiger partial charge in [-0.15, -0.1) is 0 Å². The van der Waals surface area contributed by atoms with Crippen molar-refractivity contribution in [3.8, 4) is 0 Å². The average Bonchev–Trinajstić information content (AvgIpc) is 2.95. The average molecular weight is 290 g/mol. The van der Waals surface area contributed by atoms with E-state index in [0.717, 1.165) is 25.1 Å². The number of aryl methyl sites for hydroxylation is 1. The van der Waals surface area contributed by atoms with Gasteiger partial charge < -0.3 is 10.4 Å². The molecule has 1 aliphatic rings. The van der Waals surface area contributed by atoms with E-state index in [-0.39, 0.29) is 0 Å². The Morgan fingerprint density at radius 2 is 2.05 bits per heavy atom. The van der Waals surface area contributed by atoms with E-state index < -0.39 is 5.97 Å². The highest BCUT2D eigenvalue weighted by Gasteiger charge is 2.31. The molecule has 0 bridgehead atoms. The molecule has 0 atom stereocenters. The van der Waals surface area contributed by atoms with Crippen molar-refractivity contribution in [3.63, 3.8) is 0 Å². The minimum absolute atomic E-state index is 0.327. The van der Waals surface area contributed by atoms with Crippen LogP contribution in [0.2, 0.25) is 0 Å². The van der Waals surface area contributed by atoms with Gasteiger partial charge in [0.15, 0.2) is 0 Å². The van der Waals surface area contributed by atoms with Crippen LogP contribution in [0.1, 0.15) is 68.4 Å². The number of nitrogens with one attached hydrogen (secondary N) is 1. The highest BCUT2D eigenvalue weighted by atomic mass is 16.4. The molecule has 0 saturated heterocycles. The van der Waals surface area contributed by atoms with E-state index in [1.807, 2.05) is 0 Å². The third-order valence-electron chi connectivity index (χ3n) is 4.69. The summed E-state index contributed by atoms with van der Waals surface area (Å²) in [6.07, 6.45) is 8.08. The number of pyridine rings is 1. The number of hydrogen-bond donors (Lipinski definition) is 2. The topological polar surface area (TPSA) is 62.2 Å². The maximum atomic E-state index is 11.2. The molecule has 0 unspecified atom stereocenters. The maximum Gasteiger partial charge on any atom is 0.335 e. The van der Waals surface area contributed by atoms with Crippen molar-refractivity contribution in [1.82, 2.24) is 4.98 Å². The van der Waals surface area contributed by atoms with Crippen molar-refractivity contribution in [2.75, 3.05) is 11.9 Å². The Labute approximate surface area is 127 Å². The number of carboxylic acids is 1. The molecule has 0 spiro atoms. The van der Waals surface area contributed by atoms with Gasteiger partial charge >= 0.3 is 5.97 Å². The summed E-state index contributed by atoms with van der Waals surface area (Å²) in [4.78, 5) is 15.8. The highest BCUT2D eigenvalue weighted by molar-refractivity contribution is 5.88. The van der Waals surface area contributed by atoms with E-state index in [2.05, 4.69) is 24.1 Å². The number of anilines is 1. The molecule has 2 rings (SSSR count). The van der Waals surface area contributed by atoms with E-state index in [4.69, 9.17) is 0 Å². The molecule has 1 aromatic rings. The quantitative estimate of drug-likeness (QED) is 0.793. The fourth-order valence-electron chi connectivity index (χ4n) is 3.24. The Hall–Kier alpha value is -1.58. The van der Waals surface area contributed by atoms with E-state index in [1.165, 1.54) is 32.1 Å². The lowest BCUT2D eigenvalue weighted by molar-refractivity contribution is 0.0696. The minimum atomic E-state index is -0.885. The summed E-state index contributed by atoms with van der Waals surface area (Å²) in [5.41, 5.74) is 1.55. The molecular weight excluding hydrogens is 264 g/mol. The number of aromatic nitrogens is 1. The number of nitrogens with zero attached hydrogens (tertiary/aromatic N) is 1. The molecular formula is C17H26N2O2. The van der Waals surface area contributed by atoms with Gasteiger partial charge in [-0.1, -0.05) is 33.1 Å². The number of rotatable bonds is 7. The standard InChI is InChI=1S/C17H26N2O2/c1-3-7-14-10-13(16(20)21)11-15(19-14)18-12-17(4-2)8-5-6-9-17/h10-11H,3-9,12H2,1-2H3,(H,18,19)(H,20,21). The summed E-state index contributed by atoms with van der Waals surface area (Å²) in [7, 11) is 0. The van der Waals surface area contributed by atoms with Crippen molar-refractivity contribution in [2.45, 2.75) is 58.8 Å². The molecule has 0 amide bonds. The number of hydrogen-bond acceptors (Lipinski definition) is 3. The van der Waals surface area contributed by atoms with Crippen LogP contribution in [0, 0.1) is 5.41 Å². The molecule has 21 heavy (non-hydrogen) atoms. The summed E-state index contributed by atoms with van der Waals surface area (Å²) in [6, 6.07) is 3.34. The molecule has 0 radical (unpaired) electrons. The van der Waals surface area contributed by atoms with Crippen LogP contribution in [0.15, 0.2) is 12.1 Å². The molecule has 4 heteroatoms. The van der Waals surface area contributed by atoms with Crippen LogP contribution in [0.4, 0.5) is 5.82 Å². The van der Waals surface area contributed by atoms with Crippen molar-refractivity contribution in [2.24, 2.45) is 5.41 Å². The monoisotopic (exact) mass is 290 g/mol. The summed E-state index contributed by atoms with van der Waals surface area (Å²) < 4.78 is 0. The van der Waals surface area contributed by atoms with Gasteiger partial charge in [0.2, 0.25) is 0 Å². The molecule has 1 fully saturated rings. The summed E-state index contributed by atoms with van der Waals surface area (Å²) in [6.45, 7) is 5.22. The molecule has 1 aromatic heterocycles. The van der Waals surface area contributed by atoms with Crippen molar-refractivity contribution in [1.29, 1.82) is 0 Å². The lowest BCUT2D eigenvalue weighted by Gasteiger charge is -2.28. The largest absolute Gasteiger partial charge is 0.478 e. The third kappa shape index (κ3) is 3.96. The fourth-order valence-corrected chi connectivity index (χ4v) is 3.24. The van der Waals surface area contributed by atoms with Crippen LogP contribution in [0.25, 0.3) is 0 Å². The van der Waals surface area contributed by atoms with Gasteiger partial charge in [0, 0.05) is 12.2 Å². The molecule has 4 nitrogen and oxygen atoms in total. The van der Waals surface area contributed by atoms with Gasteiger partial charge in [0.25, 0.3) is 0 Å². The second-order valence-electron chi connectivity index (χ2n) is 6.20. The predicted molar refractivity (Wildman–Crippen MR) is 84.9 cm³/mol. The van der Waals surface area contributed by atoms with E-state index in [0.29, 0.717) is 16.8 Å². The van der Waals surface area contributed by atoms with Crippen LogP contribution in [0.5, 0.6) is 0 Å². The first kappa shape index (κ1) is 15.8. The Bertz CT molecular complexity index is 494. The molecule has 1 saturated carbocycles. The van der Waals surface area contributed by atoms with Crippen LogP contribution < -0.4 is 5.32 Å². The second kappa shape index (κ2) is 6.92. The molecule has 1 heterocycles. The van der Waals surface area contributed by atoms with Gasteiger partial charge in [-0.25, -0.2) is 9.78 Å². The second-order valence-corrected chi connectivity index (χ2v) is 6.20. The molecule has 116 valence electrons. The van der Waals surface area contributed by atoms with Crippen LogP contribution >= 0.6 is 0 Å². The van der Waals surface area contributed by atoms with Gasteiger partial charge in [-0.3, -0.25) is 0 Å². The fraction of sp³-hybridized carbons (Fsp3) is 0.647. The highest BCUT2D eigenvalue weighted by Crippen LogP contribution is 2.40. The van der Waals surface area contributed by atoms with Crippen molar-refractivity contribution >= 4 is 11.8 Å². The van der Waals surface area contributed by atoms with Crippen molar-refractivity contribution < 1.29 is 9.90 Å². The van der Waals surface area contributed by atoms with E-state index >= 15 is 0 Å². The number of carboxylic acid groups (broad SMARTS) is 1. The van der Waals surface area contributed by atoms with Gasteiger partial charge in [-0.2, -0.15) is 0 Å². The molecule has 0 aliphatic heterocycles. The zero-order valence-electron chi connectivity index (χ0n) is 13.1. The maximum absolute atomic E-state index is 11.2. The minimum Gasteiger partial charge on any atom is -0.478 e. The van der Waals surface area contributed by atoms with Gasteiger partial charge in [-0.05, 0) is 43.2 Å². The first-order chi connectivity index (χ1) is 10.1. The van der Waals surface area contributed by atoms with E-state index in [9.17, 15) is 9.90 Å². The Morgan fingerprint density at radius 3 is 2.62 bits per heavy atom. The first-order valence-electron chi connectivity index (χ1n) is 8.07. The Morgan fingerprint density at radius 1 is 1.33 bits per heavy atom. The van der Waals surface area contributed by atoms with Crippen LogP contribution in [-0.2, 0) is 6.42 Å². The predicted octanol–water partition coefficient (Wildman–Crippen LogP) is 4.11. The summed E-state index contributed by atoms with van der Waals surface area (Å²) >= 11 is 0. The number of carbonyl (C=O) groups is 1. The van der Waals surface area contributed by atoms with Crippen molar-refractivity contribution in [3.05, 3.63) is 23.4 Å². The number of aromatic carboxylic acids is 1. The normalized spacial score (nSPS) is 16.9. The lowest BCUT2D eigenvalue weighted by Crippen LogP contribution is -2.26. The Balaban J connectivity index is 2.12. The lowest BCUT2D eigenvalue weighted by atomic mass is 9.83. The zero-order chi connectivity index (χ0) is 15.3. The summed E-state index contributed by atoms with van der Waals surface area (Å²) in [5, 5.41) is 12.6. The molecule has 1 aliphatic carbocycles. The Kier molecular flexibility index (Phi) is 5.21. The third-order valence-corrected chi connectivity index (χ3v) is 4.69. The SMILES string of the molecule is CCCc1cc(C(=O)O)cc(NCC2(CC)CCCC2)n1. The smallest absolute Gasteiger partial charge is 0.335 e. The zero-order valence-corrected chi connectivity index (χ0v) is 13.1. The summed E-state index contributed by atoms with van der Waals surface area (Å²) in [5.74, 6) is -0.179. The van der Waals surface area contributed by atoms with Crippen LogP contribution in [0.3, 0.4) is 0 Å². The van der Waals surface area contributed by atoms with Gasteiger partial charge in [0.05, 0.1) is 5.56 Å². The molecule has 0 aromatic carbocycles. The van der Waals surface area contributed by atoms with Crippen LogP contribution in [-0.4, -0.2) is 22.6 Å². The van der Waals surface area contributed by atoms with E-state index in [1.54, 1.807) is 12.1 Å². The first-order valence-corrected chi connectivity index (χ1v) is 8.07. The molecule has 2 N–H and O–H groups in total.